The fraction of sp³-hybridized carbons (Fsp3) is 0.278. The quantitative estimate of drug-likeness (QED) is 0.692. The van der Waals surface area contributed by atoms with Gasteiger partial charge in [0.05, 0.1) is 20.3 Å². The van der Waals surface area contributed by atoms with Crippen LogP contribution in [0.2, 0.25) is 0 Å². The normalized spacial score (nSPS) is 10.1. The van der Waals surface area contributed by atoms with E-state index in [0.29, 0.717) is 24.7 Å². The third kappa shape index (κ3) is 5.81. The van der Waals surface area contributed by atoms with Crippen LogP contribution in [0.15, 0.2) is 48.5 Å². The van der Waals surface area contributed by atoms with Crippen molar-refractivity contribution < 1.29 is 19.0 Å². The van der Waals surface area contributed by atoms with Crippen LogP contribution in [0.1, 0.15) is 0 Å². The van der Waals surface area contributed by atoms with Crippen LogP contribution in [0.5, 0.6) is 11.5 Å². The minimum absolute atomic E-state index is 0.146. The SMILES string of the molecule is COCCOc1cccc(NC(=O)CNc2cccc(OC)c2)c1. The molecule has 0 aliphatic carbocycles. The molecule has 0 saturated heterocycles. The Kier molecular flexibility index (Phi) is 6.91. The van der Waals surface area contributed by atoms with E-state index >= 15 is 0 Å². The van der Waals surface area contributed by atoms with Gasteiger partial charge < -0.3 is 24.8 Å². The summed E-state index contributed by atoms with van der Waals surface area (Å²) >= 11 is 0. The highest BCUT2D eigenvalue weighted by Crippen LogP contribution is 2.18. The maximum atomic E-state index is 12.0. The van der Waals surface area contributed by atoms with Crippen molar-refractivity contribution >= 4 is 17.3 Å². The zero-order valence-corrected chi connectivity index (χ0v) is 13.9. The fourth-order valence-electron chi connectivity index (χ4n) is 2.03. The van der Waals surface area contributed by atoms with Crippen LogP contribution in [0, 0.1) is 0 Å². The average Bonchev–Trinajstić information content (AvgIpc) is 2.61. The van der Waals surface area contributed by atoms with Gasteiger partial charge in [-0.25, -0.2) is 0 Å². The van der Waals surface area contributed by atoms with Gasteiger partial charge in [-0.2, -0.15) is 0 Å². The van der Waals surface area contributed by atoms with Gasteiger partial charge in [-0.3, -0.25) is 4.79 Å². The van der Waals surface area contributed by atoms with Crippen LogP contribution in [0.3, 0.4) is 0 Å². The number of ether oxygens (including phenoxy) is 3. The van der Waals surface area contributed by atoms with E-state index in [9.17, 15) is 4.79 Å². The van der Waals surface area contributed by atoms with E-state index in [-0.39, 0.29) is 12.5 Å². The Hall–Kier alpha value is -2.73. The topological polar surface area (TPSA) is 68.8 Å². The van der Waals surface area contributed by atoms with Crippen LogP contribution < -0.4 is 20.1 Å². The first kappa shape index (κ1) is 17.6. The molecule has 0 atom stereocenters. The van der Waals surface area contributed by atoms with Crippen molar-refractivity contribution in [3.8, 4) is 11.5 Å². The molecule has 0 aliphatic rings. The van der Waals surface area contributed by atoms with Crippen molar-refractivity contribution in [1.82, 2.24) is 0 Å². The van der Waals surface area contributed by atoms with E-state index in [1.54, 1.807) is 20.3 Å². The number of carbonyl (C=O) groups is 1. The van der Waals surface area contributed by atoms with Crippen molar-refractivity contribution in [1.29, 1.82) is 0 Å². The second-order valence-electron chi connectivity index (χ2n) is 5.00. The van der Waals surface area contributed by atoms with Crippen LogP contribution in [0.25, 0.3) is 0 Å². The van der Waals surface area contributed by atoms with Crippen LogP contribution in [-0.4, -0.2) is 39.9 Å². The lowest BCUT2D eigenvalue weighted by molar-refractivity contribution is -0.114. The van der Waals surface area contributed by atoms with Crippen LogP contribution >= 0.6 is 0 Å². The lowest BCUT2D eigenvalue weighted by Crippen LogP contribution is -2.21. The largest absolute Gasteiger partial charge is 0.497 e. The predicted octanol–water partition coefficient (Wildman–Crippen LogP) is 2.77. The second-order valence-corrected chi connectivity index (χ2v) is 5.00. The number of nitrogens with one attached hydrogen (secondary N) is 2. The Morgan fingerprint density at radius 1 is 0.958 bits per heavy atom. The van der Waals surface area contributed by atoms with Gasteiger partial charge in [-0.15, -0.1) is 0 Å². The summed E-state index contributed by atoms with van der Waals surface area (Å²) in [6.45, 7) is 1.13. The second kappa shape index (κ2) is 9.42. The van der Waals surface area contributed by atoms with Crippen LogP contribution in [0.4, 0.5) is 11.4 Å². The first-order valence-corrected chi connectivity index (χ1v) is 7.61. The van der Waals surface area contributed by atoms with Gasteiger partial charge in [0.15, 0.2) is 0 Å². The number of anilines is 2. The molecule has 2 rings (SSSR count). The Balaban J connectivity index is 1.84. The molecule has 6 heteroatoms. The Morgan fingerprint density at radius 2 is 1.67 bits per heavy atom. The third-order valence-electron chi connectivity index (χ3n) is 3.20. The zero-order valence-electron chi connectivity index (χ0n) is 13.9. The number of rotatable bonds is 9. The molecule has 0 bridgehead atoms. The van der Waals surface area contributed by atoms with Gasteiger partial charge in [0.2, 0.25) is 5.91 Å². The Labute approximate surface area is 141 Å². The Bertz CT molecular complexity index is 661. The lowest BCUT2D eigenvalue weighted by atomic mass is 10.3. The highest BCUT2D eigenvalue weighted by molar-refractivity contribution is 5.93. The van der Waals surface area contributed by atoms with Crippen LogP contribution in [-0.2, 0) is 9.53 Å². The molecule has 0 unspecified atom stereocenters. The summed E-state index contributed by atoms with van der Waals surface area (Å²) in [4.78, 5) is 12.0. The van der Waals surface area contributed by atoms with Crippen molar-refractivity contribution in [2.45, 2.75) is 0 Å². The average molecular weight is 330 g/mol. The molecule has 0 radical (unpaired) electrons. The van der Waals surface area contributed by atoms with Gasteiger partial charge in [0, 0.05) is 30.6 Å². The van der Waals surface area contributed by atoms with E-state index < -0.39 is 0 Å². The van der Waals surface area contributed by atoms with Crippen molar-refractivity contribution in [2.24, 2.45) is 0 Å². The van der Waals surface area contributed by atoms with Gasteiger partial charge in [-0.05, 0) is 24.3 Å². The fourth-order valence-corrected chi connectivity index (χ4v) is 2.03. The Morgan fingerprint density at radius 3 is 2.42 bits per heavy atom. The van der Waals surface area contributed by atoms with E-state index in [2.05, 4.69) is 10.6 Å². The minimum atomic E-state index is -0.146. The highest BCUT2D eigenvalue weighted by Gasteiger charge is 2.04. The number of carbonyl (C=O) groups excluding carboxylic acids is 1. The zero-order chi connectivity index (χ0) is 17.2. The van der Waals surface area contributed by atoms with Gasteiger partial charge in [0.25, 0.3) is 0 Å². The number of methoxy groups -OCH3 is 2. The molecule has 2 aromatic rings. The smallest absolute Gasteiger partial charge is 0.243 e. The molecule has 0 saturated carbocycles. The molecule has 2 aromatic carbocycles. The summed E-state index contributed by atoms with van der Waals surface area (Å²) in [5, 5.41) is 5.88. The standard InChI is InChI=1S/C18H22N2O4/c1-22-9-10-24-17-8-4-6-15(12-17)20-18(21)13-19-14-5-3-7-16(11-14)23-2/h3-8,11-12,19H,9-10,13H2,1-2H3,(H,20,21). The molecule has 24 heavy (non-hydrogen) atoms. The molecule has 0 spiro atoms. The summed E-state index contributed by atoms with van der Waals surface area (Å²) in [6.07, 6.45) is 0. The molecule has 128 valence electrons. The molecular weight excluding hydrogens is 308 g/mol. The molecule has 0 fully saturated rings. The molecule has 2 N–H and O–H groups in total. The number of benzene rings is 2. The predicted molar refractivity (Wildman–Crippen MR) is 93.9 cm³/mol. The van der Waals surface area contributed by atoms with E-state index in [1.807, 2.05) is 42.5 Å². The molecule has 6 nitrogen and oxygen atoms in total. The maximum absolute atomic E-state index is 12.0. The molecule has 0 heterocycles. The molecular formula is C18H22N2O4. The van der Waals surface area contributed by atoms with Crippen molar-refractivity contribution in [3.63, 3.8) is 0 Å². The monoisotopic (exact) mass is 330 g/mol. The summed E-state index contributed by atoms with van der Waals surface area (Å²) in [7, 11) is 3.23. The lowest BCUT2D eigenvalue weighted by Gasteiger charge is -2.10. The third-order valence-corrected chi connectivity index (χ3v) is 3.20. The van der Waals surface area contributed by atoms with E-state index in [4.69, 9.17) is 14.2 Å². The van der Waals surface area contributed by atoms with Crippen molar-refractivity contribution in [3.05, 3.63) is 48.5 Å². The van der Waals surface area contributed by atoms with E-state index in [0.717, 1.165) is 11.4 Å². The molecule has 0 aromatic heterocycles. The minimum Gasteiger partial charge on any atom is -0.497 e. The number of hydrogen-bond acceptors (Lipinski definition) is 5. The van der Waals surface area contributed by atoms with E-state index in [1.165, 1.54) is 0 Å². The first-order chi connectivity index (χ1) is 11.7. The van der Waals surface area contributed by atoms with Gasteiger partial charge in [0.1, 0.15) is 18.1 Å². The van der Waals surface area contributed by atoms with Gasteiger partial charge >= 0.3 is 0 Å². The summed E-state index contributed by atoms with van der Waals surface area (Å²) in [6, 6.07) is 14.7. The van der Waals surface area contributed by atoms with Crippen molar-refractivity contribution in [2.75, 3.05) is 44.6 Å². The molecule has 1 amide bonds. The summed E-state index contributed by atoms with van der Waals surface area (Å²) in [5.41, 5.74) is 1.50. The maximum Gasteiger partial charge on any atom is 0.243 e. The van der Waals surface area contributed by atoms with Gasteiger partial charge in [-0.1, -0.05) is 12.1 Å². The first-order valence-electron chi connectivity index (χ1n) is 7.61. The highest BCUT2D eigenvalue weighted by atomic mass is 16.5. The number of amides is 1. The molecule has 0 aliphatic heterocycles. The summed E-state index contributed by atoms with van der Waals surface area (Å²) in [5.74, 6) is 1.28. The summed E-state index contributed by atoms with van der Waals surface area (Å²) < 4.78 is 15.6. The number of hydrogen-bond donors (Lipinski definition) is 2.